The molecule has 0 bridgehead atoms. The molecule has 0 N–H and O–H groups in total. The third-order valence-corrected chi connectivity index (χ3v) is 16.3. The zero-order valence-corrected chi connectivity index (χ0v) is 40.6. The number of ether oxygens (including phenoxy) is 1. The SMILES string of the molecule is CN1CC=C(C(C)(C)c2ccccc2)C=C1n1c2c(c3ccccc31)=CCC1Oc3cc(C4=CCCC=C4)cc4c3C(C=21)C1N(c2cc(C(C)(C)C)cc(C(C)(C)c3ccccc3)c2)CCN41. The number of hydrogen-bond donors (Lipinski definition) is 0. The fraction of sp³-hybridized carbons (Fsp3) is 0.323. The fourth-order valence-electron chi connectivity index (χ4n) is 12.3. The van der Waals surface area contributed by atoms with Crippen molar-refractivity contribution in [2.45, 2.75) is 102 Å². The maximum atomic E-state index is 7.47. The molecule has 0 saturated carbocycles. The molecule has 5 heteroatoms. The van der Waals surface area contributed by atoms with Crippen LogP contribution in [0, 0.1) is 0 Å². The molecule has 12 rings (SSSR count). The van der Waals surface area contributed by atoms with E-state index in [9.17, 15) is 0 Å². The van der Waals surface area contributed by atoms with Gasteiger partial charge in [-0.05, 0) is 93.6 Å². The Bertz CT molecular complexity index is 3240. The molecule has 5 nitrogen and oxygen atoms in total. The second-order valence-electron chi connectivity index (χ2n) is 22.0. The summed E-state index contributed by atoms with van der Waals surface area (Å²) in [6, 6.07) is 43.6. The second-order valence-corrected chi connectivity index (χ2v) is 22.0. The molecule has 1 saturated heterocycles. The van der Waals surface area contributed by atoms with E-state index in [0.29, 0.717) is 0 Å². The van der Waals surface area contributed by atoms with Crippen molar-refractivity contribution in [2.75, 3.05) is 36.5 Å². The number of anilines is 2. The lowest BCUT2D eigenvalue weighted by Crippen LogP contribution is -2.49. The van der Waals surface area contributed by atoms with Gasteiger partial charge in [-0.15, -0.1) is 0 Å². The predicted molar refractivity (Wildman–Crippen MR) is 280 cm³/mol. The zero-order chi connectivity index (χ0) is 46.0. The summed E-state index contributed by atoms with van der Waals surface area (Å²) in [6.45, 7) is 19.4. The largest absolute Gasteiger partial charge is 0.485 e. The van der Waals surface area contributed by atoms with E-state index in [1.807, 2.05) is 0 Å². The van der Waals surface area contributed by atoms with Crippen molar-refractivity contribution in [3.05, 3.63) is 195 Å². The van der Waals surface area contributed by atoms with E-state index in [4.69, 9.17) is 4.74 Å². The molecule has 3 unspecified atom stereocenters. The molecule has 0 spiro atoms. The van der Waals surface area contributed by atoms with Gasteiger partial charge < -0.3 is 19.4 Å². The quantitative estimate of drug-likeness (QED) is 0.159. The Morgan fingerprint density at radius 1 is 0.657 bits per heavy atom. The molecule has 3 atom stereocenters. The summed E-state index contributed by atoms with van der Waals surface area (Å²) in [6.07, 6.45) is 17.4. The Morgan fingerprint density at radius 2 is 1.36 bits per heavy atom. The average molecular weight is 881 g/mol. The topological polar surface area (TPSA) is 23.9 Å². The van der Waals surface area contributed by atoms with Crippen LogP contribution in [0.25, 0.3) is 33.9 Å². The van der Waals surface area contributed by atoms with E-state index >= 15 is 0 Å². The van der Waals surface area contributed by atoms with E-state index in [2.05, 4.69) is 226 Å². The Kier molecular flexibility index (Phi) is 9.57. The minimum absolute atomic E-state index is 0.0332. The van der Waals surface area contributed by atoms with Gasteiger partial charge in [0.2, 0.25) is 0 Å². The first-order valence-electron chi connectivity index (χ1n) is 24.8. The van der Waals surface area contributed by atoms with Gasteiger partial charge in [-0.2, -0.15) is 0 Å². The van der Waals surface area contributed by atoms with Gasteiger partial charge >= 0.3 is 0 Å². The first kappa shape index (κ1) is 41.9. The summed E-state index contributed by atoms with van der Waals surface area (Å²) in [5.74, 6) is 2.35. The summed E-state index contributed by atoms with van der Waals surface area (Å²) < 4.78 is 10.1. The molecule has 67 heavy (non-hydrogen) atoms. The number of benzene rings is 5. The Labute approximate surface area is 397 Å². The molecular weight excluding hydrogens is 817 g/mol. The molecule has 338 valence electrons. The number of para-hydroxylation sites is 1. The standard InChI is InChI=1S/C62H64N4O/c1-60(2,3)45-36-46(62(6,7)43-24-16-11-17-25-43)38-47(37-45)64-32-33-65-51-34-41(40-20-12-9-13-21-40)35-53-55(51)57(59(64)65)56-52(67-53)29-28-49-48-26-18-19-27-50(48)66(58(49)56)54-39-44(30-31-63(54)8)61(4,5)42-22-14-10-15-23-42/h10-12,14-28,30,34-39,52,57,59H,9,13,29,31-33H2,1-8H3. The molecule has 0 radical (unpaired) electrons. The molecule has 0 amide bonds. The van der Waals surface area contributed by atoms with Crippen LogP contribution in [0.3, 0.4) is 0 Å². The van der Waals surface area contributed by atoms with E-state index in [1.165, 1.54) is 88.8 Å². The summed E-state index contributed by atoms with van der Waals surface area (Å²) in [4.78, 5) is 7.98. The minimum Gasteiger partial charge on any atom is -0.485 e. The van der Waals surface area contributed by atoms with Crippen LogP contribution in [0.4, 0.5) is 11.4 Å². The molecule has 5 heterocycles. The number of rotatable bonds is 7. The summed E-state index contributed by atoms with van der Waals surface area (Å²) in [5.41, 5.74) is 15.5. The molecule has 5 aromatic carbocycles. The van der Waals surface area contributed by atoms with Gasteiger partial charge in [0.1, 0.15) is 23.8 Å². The first-order chi connectivity index (χ1) is 32.3. The van der Waals surface area contributed by atoms with Gasteiger partial charge in [0, 0.05) is 77.0 Å². The molecule has 4 aliphatic heterocycles. The van der Waals surface area contributed by atoms with E-state index < -0.39 is 0 Å². The van der Waals surface area contributed by atoms with Crippen molar-refractivity contribution in [2.24, 2.45) is 0 Å². The molecule has 1 fully saturated rings. The maximum Gasteiger partial charge on any atom is 0.126 e. The predicted octanol–water partition coefficient (Wildman–Crippen LogP) is 12.2. The lowest BCUT2D eigenvalue weighted by atomic mass is 9.75. The van der Waals surface area contributed by atoms with E-state index in [-0.39, 0.29) is 34.4 Å². The van der Waals surface area contributed by atoms with Gasteiger partial charge in [-0.1, -0.05) is 164 Å². The van der Waals surface area contributed by atoms with Crippen LogP contribution >= 0.6 is 0 Å². The highest BCUT2D eigenvalue weighted by Gasteiger charge is 2.54. The van der Waals surface area contributed by atoms with Crippen molar-refractivity contribution >= 4 is 45.3 Å². The zero-order valence-electron chi connectivity index (χ0n) is 40.6. The van der Waals surface area contributed by atoms with Crippen LogP contribution in [-0.4, -0.2) is 48.4 Å². The highest BCUT2D eigenvalue weighted by Crippen LogP contribution is 2.58. The smallest absolute Gasteiger partial charge is 0.126 e. The van der Waals surface area contributed by atoms with Crippen LogP contribution in [0.2, 0.25) is 0 Å². The molecule has 6 aromatic rings. The third-order valence-electron chi connectivity index (χ3n) is 16.3. The van der Waals surface area contributed by atoms with Gasteiger partial charge in [-0.25, -0.2) is 0 Å². The Morgan fingerprint density at radius 3 is 2.09 bits per heavy atom. The van der Waals surface area contributed by atoms with Crippen molar-refractivity contribution in [3.63, 3.8) is 0 Å². The van der Waals surface area contributed by atoms with Crippen molar-refractivity contribution in [1.82, 2.24) is 9.47 Å². The van der Waals surface area contributed by atoms with Crippen LogP contribution < -0.4 is 25.1 Å². The Balaban J connectivity index is 1.11. The number of likely N-dealkylation sites (N-methyl/N-ethyl adjacent to an activating group) is 1. The third kappa shape index (κ3) is 6.55. The van der Waals surface area contributed by atoms with Gasteiger partial charge in [0.15, 0.2) is 0 Å². The summed E-state index contributed by atoms with van der Waals surface area (Å²) >= 11 is 0. The lowest BCUT2D eigenvalue weighted by Gasteiger charge is -2.40. The maximum absolute atomic E-state index is 7.47. The summed E-state index contributed by atoms with van der Waals surface area (Å²) in [5, 5.41) is 3.94. The number of hydrogen-bond acceptors (Lipinski definition) is 4. The molecule has 1 aromatic heterocycles. The number of fused-ring (bicyclic) bond motifs is 8. The molecular formula is C62H64N4O. The van der Waals surface area contributed by atoms with Crippen LogP contribution in [0.15, 0.2) is 151 Å². The van der Waals surface area contributed by atoms with E-state index in [0.717, 1.165) is 44.6 Å². The fourth-order valence-corrected chi connectivity index (χ4v) is 12.3. The van der Waals surface area contributed by atoms with Crippen molar-refractivity contribution in [3.8, 4) is 5.75 Å². The molecule has 2 aliphatic carbocycles. The van der Waals surface area contributed by atoms with Crippen molar-refractivity contribution < 1.29 is 4.74 Å². The monoisotopic (exact) mass is 881 g/mol. The minimum atomic E-state index is -0.186. The highest BCUT2D eigenvalue weighted by atomic mass is 16.5. The van der Waals surface area contributed by atoms with Gasteiger partial charge in [0.05, 0.1) is 16.8 Å². The van der Waals surface area contributed by atoms with Crippen LogP contribution in [-0.2, 0) is 16.2 Å². The number of allylic oxidation sites excluding steroid dienone is 6. The van der Waals surface area contributed by atoms with Crippen LogP contribution in [0.1, 0.15) is 107 Å². The lowest BCUT2D eigenvalue weighted by molar-refractivity contribution is 0.239. The number of nitrogens with zero attached hydrogens (tertiary/aromatic N) is 4. The number of aromatic nitrogens is 1. The second kappa shape index (κ2) is 15.3. The first-order valence-corrected chi connectivity index (χ1v) is 24.8. The normalized spacial score (nSPS) is 21.0. The van der Waals surface area contributed by atoms with Gasteiger partial charge in [-0.3, -0.25) is 4.57 Å². The van der Waals surface area contributed by atoms with Crippen molar-refractivity contribution in [1.29, 1.82) is 0 Å². The summed E-state index contributed by atoms with van der Waals surface area (Å²) in [7, 11) is 2.26. The highest BCUT2D eigenvalue weighted by molar-refractivity contribution is 5.91. The average Bonchev–Trinajstić information content (AvgIpc) is 4.03. The van der Waals surface area contributed by atoms with Crippen LogP contribution in [0.5, 0.6) is 5.75 Å². The van der Waals surface area contributed by atoms with Gasteiger partial charge in [0.25, 0.3) is 0 Å². The van der Waals surface area contributed by atoms with E-state index in [1.54, 1.807) is 0 Å². The Hall–Kier alpha value is -6.46. The molecule has 6 aliphatic rings.